The number of hydrogen-bond donors (Lipinski definition) is 1. The predicted octanol–water partition coefficient (Wildman–Crippen LogP) is 4.46. The van der Waals surface area contributed by atoms with Gasteiger partial charge in [0.25, 0.3) is 5.91 Å². The number of aryl methyl sites for hydroxylation is 3. The first-order valence-electron chi connectivity index (χ1n) is 7.83. The third-order valence-electron chi connectivity index (χ3n) is 3.57. The molecule has 0 bridgehead atoms. The van der Waals surface area contributed by atoms with E-state index in [4.69, 9.17) is 16.3 Å². The van der Waals surface area contributed by atoms with E-state index in [9.17, 15) is 9.59 Å². The minimum atomic E-state index is -0.581. The van der Waals surface area contributed by atoms with Crippen LogP contribution in [-0.2, 0) is 14.3 Å². The van der Waals surface area contributed by atoms with Crippen LogP contribution in [0.2, 0.25) is 5.02 Å². The van der Waals surface area contributed by atoms with Crippen molar-refractivity contribution in [2.75, 3.05) is 11.9 Å². The largest absolute Gasteiger partial charge is 0.452 e. The molecular weight excluding hydrogens is 338 g/mol. The summed E-state index contributed by atoms with van der Waals surface area (Å²) < 4.78 is 4.96. The molecule has 0 saturated heterocycles. The van der Waals surface area contributed by atoms with Gasteiger partial charge in [0.15, 0.2) is 6.61 Å². The lowest BCUT2D eigenvalue weighted by Gasteiger charge is -2.12. The molecule has 0 spiro atoms. The number of nitrogens with one attached hydrogen (secondary N) is 1. The van der Waals surface area contributed by atoms with Gasteiger partial charge in [0.1, 0.15) is 0 Å². The molecule has 0 heterocycles. The minimum absolute atomic E-state index is 0.337. The highest BCUT2D eigenvalue weighted by Gasteiger charge is 2.10. The Morgan fingerprint density at radius 2 is 1.68 bits per heavy atom. The van der Waals surface area contributed by atoms with Crippen LogP contribution in [0.25, 0.3) is 6.08 Å². The van der Waals surface area contributed by atoms with Crippen molar-refractivity contribution in [1.29, 1.82) is 0 Å². The fourth-order valence-corrected chi connectivity index (χ4v) is 2.60. The van der Waals surface area contributed by atoms with Crippen LogP contribution in [0.5, 0.6) is 0 Å². The molecule has 2 rings (SSSR count). The van der Waals surface area contributed by atoms with Crippen molar-refractivity contribution in [2.45, 2.75) is 20.8 Å². The van der Waals surface area contributed by atoms with Gasteiger partial charge < -0.3 is 10.1 Å². The molecule has 2 aromatic rings. The second-order valence-electron chi connectivity index (χ2n) is 5.81. The highest BCUT2D eigenvalue weighted by atomic mass is 35.5. The maximum Gasteiger partial charge on any atom is 0.331 e. The summed E-state index contributed by atoms with van der Waals surface area (Å²) in [6.07, 6.45) is 2.88. The number of ether oxygens (including phenoxy) is 1. The summed E-state index contributed by atoms with van der Waals surface area (Å²) in [6.45, 7) is 5.52. The van der Waals surface area contributed by atoms with E-state index in [-0.39, 0.29) is 12.5 Å². The zero-order chi connectivity index (χ0) is 18.4. The van der Waals surface area contributed by atoms with E-state index in [1.165, 1.54) is 6.08 Å². The quantitative estimate of drug-likeness (QED) is 0.635. The van der Waals surface area contributed by atoms with E-state index >= 15 is 0 Å². The summed E-state index contributed by atoms with van der Waals surface area (Å²) in [5.74, 6) is -0.953. The number of amides is 1. The van der Waals surface area contributed by atoms with Gasteiger partial charge in [-0.15, -0.1) is 0 Å². The number of carbonyl (C=O) groups is 2. The van der Waals surface area contributed by atoms with Crippen molar-refractivity contribution >= 4 is 35.2 Å². The molecule has 0 radical (unpaired) electrons. The molecule has 5 heteroatoms. The van der Waals surface area contributed by atoms with Crippen LogP contribution in [0.3, 0.4) is 0 Å². The lowest BCUT2D eigenvalue weighted by Crippen LogP contribution is -2.21. The molecule has 130 valence electrons. The zero-order valence-electron chi connectivity index (χ0n) is 14.4. The first-order valence-corrected chi connectivity index (χ1v) is 8.21. The molecule has 0 aliphatic carbocycles. The molecule has 1 N–H and O–H groups in total. The number of esters is 1. The van der Waals surface area contributed by atoms with E-state index in [2.05, 4.69) is 5.32 Å². The van der Waals surface area contributed by atoms with Crippen molar-refractivity contribution in [3.05, 3.63) is 69.8 Å². The van der Waals surface area contributed by atoms with E-state index < -0.39 is 5.97 Å². The van der Waals surface area contributed by atoms with Gasteiger partial charge in [0.05, 0.1) is 0 Å². The average molecular weight is 358 g/mol. The molecule has 4 nitrogen and oxygen atoms in total. The van der Waals surface area contributed by atoms with Crippen molar-refractivity contribution < 1.29 is 14.3 Å². The van der Waals surface area contributed by atoms with Gasteiger partial charge in [-0.25, -0.2) is 4.79 Å². The number of halogens is 1. The summed E-state index contributed by atoms with van der Waals surface area (Å²) in [5.41, 5.74) is 4.64. The Hall–Kier alpha value is -2.59. The van der Waals surface area contributed by atoms with Crippen molar-refractivity contribution in [1.82, 2.24) is 0 Å². The highest BCUT2D eigenvalue weighted by Crippen LogP contribution is 2.21. The van der Waals surface area contributed by atoms with E-state index in [0.29, 0.717) is 5.02 Å². The Kier molecular flexibility index (Phi) is 6.37. The summed E-state index contributed by atoms with van der Waals surface area (Å²) >= 11 is 5.80. The molecule has 0 aliphatic heterocycles. The minimum Gasteiger partial charge on any atom is -0.452 e. The Morgan fingerprint density at radius 3 is 2.28 bits per heavy atom. The number of hydrogen-bond acceptors (Lipinski definition) is 3. The van der Waals surface area contributed by atoms with Crippen LogP contribution in [0.4, 0.5) is 5.69 Å². The van der Waals surface area contributed by atoms with E-state index in [1.807, 2.05) is 32.9 Å². The molecule has 2 aromatic carbocycles. The molecule has 0 atom stereocenters. The summed E-state index contributed by atoms with van der Waals surface area (Å²) in [7, 11) is 0. The van der Waals surface area contributed by atoms with Crippen LogP contribution < -0.4 is 5.32 Å². The van der Waals surface area contributed by atoms with Crippen molar-refractivity contribution in [3.8, 4) is 0 Å². The maximum absolute atomic E-state index is 12.0. The fraction of sp³-hybridized carbons (Fsp3) is 0.200. The summed E-state index contributed by atoms with van der Waals surface area (Å²) in [5, 5.41) is 3.41. The van der Waals surface area contributed by atoms with Crippen molar-refractivity contribution in [3.63, 3.8) is 0 Å². The van der Waals surface area contributed by atoms with E-state index in [0.717, 1.165) is 27.9 Å². The molecular formula is C20H20ClNO3. The van der Waals surface area contributed by atoms with Crippen LogP contribution >= 0.6 is 11.6 Å². The predicted molar refractivity (Wildman–Crippen MR) is 101 cm³/mol. The number of carbonyl (C=O) groups excluding carboxylic acids is 2. The topological polar surface area (TPSA) is 55.4 Å². The lowest BCUT2D eigenvalue weighted by molar-refractivity contribution is -0.142. The number of benzene rings is 2. The van der Waals surface area contributed by atoms with Gasteiger partial charge >= 0.3 is 5.97 Å². The monoisotopic (exact) mass is 357 g/mol. The third-order valence-corrected chi connectivity index (χ3v) is 3.82. The normalized spacial score (nSPS) is 10.7. The molecule has 1 amide bonds. The van der Waals surface area contributed by atoms with Gasteiger partial charge in [-0.1, -0.05) is 41.4 Å². The average Bonchev–Trinajstić information content (AvgIpc) is 2.55. The second kappa shape index (κ2) is 8.49. The zero-order valence-corrected chi connectivity index (χ0v) is 15.2. The number of rotatable bonds is 5. The van der Waals surface area contributed by atoms with Gasteiger partial charge in [0, 0.05) is 16.8 Å². The Bertz CT molecular complexity index is 787. The second-order valence-corrected chi connectivity index (χ2v) is 6.25. The van der Waals surface area contributed by atoms with Gasteiger partial charge in [0.2, 0.25) is 0 Å². The third kappa shape index (κ3) is 5.76. The smallest absolute Gasteiger partial charge is 0.331 e. The highest BCUT2D eigenvalue weighted by molar-refractivity contribution is 6.30. The Balaban J connectivity index is 1.87. The molecule has 25 heavy (non-hydrogen) atoms. The fourth-order valence-electron chi connectivity index (χ4n) is 2.48. The van der Waals surface area contributed by atoms with Crippen LogP contribution in [0.15, 0.2) is 42.5 Å². The van der Waals surface area contributed by atoms with Gasteiger partial charge in [-0.2, -0.15) is 0 Å². The lowest BCUT2D eigenvalue weighted by atomic mass is 10.1. The molecule has 0 fully saturated rings. The molecule has 0 aromatic heterocycles. The van der Waals surface area contributed by atoms with Crippen LogP contribution in [0, 0.1) is 20.8 Å². The van der Waals surface area contributed by atoms with Crippen molar-refractivity contribution in [2.24, 2.45) is 0 Å². The molecule has 0 saturated carbocycles. The molecule has 0 unspecified atom stereocenters. The Labute approximate surface area is 152 Å². The first kappa shape index (κ1) is 18.7. The SMILES string of the molecule is Cc1cc(C)c(NC(=O)COC(=O)/C=C/c2ccc(Cl)cc2)c(C)c1. The standard InChI is InChI=1S/C20H20ClNO3/c1-13-10-14(2)20(15(3)11-13)22-18(23)12-25-19(24)9-6-16-4-7-17(21)8-5-16/h4-11H,12H2,1-3H3,(H,22,23)/b9-6+. The molecule has 0 aliphatic rings. The van der Waals surface area contributed by atoms with Crippen LogP contribution in [0.1, 0.15) is 22.3 Å². The first-order chi connectivity index (χ1) is 11.8. The maximum atomic E-state index is 12.0. The van der Waals surface area contributed by atoms with E-state index in [1.54, 1.807) is 30.3 Å². The summed E-state index contributed by atoms with van der Waals surface area (Å²) in [4.78, 5) is 23.7. The van der Waals surface area contributed by atoms with Crippen LogP contribution in [-0.4, -0.2) is 18.5 Å². The van der Waals surface area contributed by atoms with Gasteiger partial charge in [-0.3, -0.25) is 4.79 Å². The number of anilines is 1. The Morgan fingerprint density at radius 1 is 1.08 bits per heavy atom. The summed E-state index contributed by atoms with van der Waals surface area (Å²) in [6, 6.07) is 11.0. The van der Waals surface area contributed by atoms with Gasteiger partial charge in [-0.05, 0) is 55.7 Å².